The van der Waals surface area contributed by atoms with Crippen molar-refractivity contribution in [1.29, 1.82) is 0 Å². The summed E-state index contributed by atoms with van der Waals surface area (Å²) >= 11 is 0. The Morgan fingerprint density at radius 1 is 0.467 bits per heavy atom. The lowest BCUT2D eigenvalue weighted by Crippen LogP contribution is -2.55. The lowest BCUT2D eigenvalue weighted by Gasteiger charge is -2.61. The minimum Gasteiger partial charge on any atom is -0.310 e. The van der Waals surface area contributed by atoms with E-state index in [1.54, 1.807) is 11.1 Å². The number of hydrogen-bond donors (Lipinski definition) is 0. The molecule has 0 amide bonds. The molecule has 4 saturated carbocycles. The van der Waals surface area contributed by atoms with Gasteiger partial charge in [0.2, 0.25) is 0 Å². The van der Waals surface area contributed by atoms with Crippen molar-refractivity contribution in [2.24, 2.45) is 23.7 Å². The highest BCUT2D eigenvalue weighted by Gasteiger charge is 2.62. The summed E-state index contributed by atoms with van der Waals surface area (Å²) in [6, 6.07) is 52.4. The topological polar surface area (TPSA) is 3.24 Å². The molecule has 5 aliphatic carbocycles. The van der Waals surface area contributed by atoms with Gasteiger partial charge in [-0.25, -0.2) is 0 Å². The largest absolute Gasteiger partial charge is 0.310 e. The summed E-state index contributed by atoms with van der Waals surface area (Å²) in [6.07, 6.45) is 7.00. The van der Waals surface area contributed by atoms with E-state index in [0.717, 1.165) is 11.8 Å². The Morgan fingerprint density at radius 3 is 1.87 bits per heavy atom. The van der Waals surface area contributed by atoms with Gasteiger partial charge < -0.3 is 4.90 Å². The molecule has 0 aliphatic heterocycles. The lowest BCUT2D eigenvalue weighted by atomic mass is 9.43. The first-order valence-corrected chi connectivity index (χ1v) is 17.0. The summed E-state index contributed by atoms with van der Waals surface area (Å²) in [6.45, 7) is 0. The first-order valence-electron chi connectivity index (χ1n) is 17.0. The molecule has 4 bridgehead atoms. The van der Waals surface area contributed by atoms with Crippen LogP contribution in [0.4, 0.5) is 17.1 Å². The fourth-order valence-corrected chi connectivity index (χ4v) is 10.6. The van der Waals surface area contributed by atoms with E-state index in [2.05, 4.69) is 144 Å². The van der Waals surface area contributed by atoms with Crippen LogP contribution in [0.1, 0.15) is 43.2 Å². The zero-order chi connectivity index (χ0) is 29.5. The van der Waals surface area contributed by atoms with Gasteiger partial charge in [0, 0.05) is 16.5 Å². The molecule has 0 heterocycles. The normalized spacial score (nSPS) is 25.4. The van der Waals surface area contributed by atoms with Gasteiger partial charge >= 0.3 is 0 Å². The van der Waals surface area contributed by atoms with Crippen LogP contribution in [0.5, 0.6) is 0 Å². The van der Waals surface area contributed by atoms with Gasteiger partial charge in [-0.15, -0.1) is 0 Å². The van der Waals surface area contributed by atoms with Crippen molar-refractivity contribution in [3.05, 3.63) is 151 Å². The monoisotopic (exact) mass is 579 g/mol. The third-order valence-electron chi connectivity index (χ3n) is 12.0. The maximum atomic E-state index is 2.61. The molecule has 0 aromatic heterocycles. The average molecular weight is 580 g/mol. The van der Waals surface area contributed by atoms with Crippen molar-refractivity contribution < 1.29 is 0 Å². The van der Waals surface area contributed by atoms with Gasteiger partial charge in [0.05, 0.1) is 11.4 Å². The Labute approximate surface area is 266 Å². The molecule has 1 nitrogen and oxygen atoms in total. The van der Waals surface area contributed by atoms with Gasteiger partial charge in [-0.05, 0) is 119 Å². The molecular formula is C44H37N. The second kappa shape index (κ2) is 9.69. The summed E-state index contributed by atoms with van der Waals surface area (Å²) in [5, 5.41) is 2.57. The third kappa shape index (κ3) is 3.61. The van der Waals surface area contributed by atoms with Crippen molar-refractivity contribution in [1.82, 2.24) is 0 Å². The predicted octanol–water partition coefficient (Wildman–Crippen LogP) is 11.7. The molecule has 0 radical (unpaired) electrons. The minimum atomic E-state index is 0.0861. The number of benzene rings is 6. The van der Waals surface area contributed by atoms with E-state index in [9.17, 15) is 0 Å². The Hall–Kier alpha value is -4.62. The van der Waals surface area contributed by atoms with Gasteiger partial charge in [0.1, 0.15) is 0 Å². The fourth-order valence-electron chi connectivity index (χ4n) is 10.6. The second-order valence-corrected chi connectivity index (χ2v) is 14.2. The summed E-state index contributed by atoms with van der Waals surface area (Å²) in [7, 11) is 0. The van der Waals surface area contributed by atoms with Crippen LogP contribution in [0.25, 0.3) is 33.0 Å². The fraction of sp³-hybridized carbons (Fsp3) is 0.227. The van der Waals surface area contributed by atoms with Crippen molar-refractivity contribution >= 4 is 27.8 Å². The van der Waals surface area contributed by atoms with Gasteiger partial charge in [-0.3, -0.25) is 0 Å². The molecule has 6 aromatic rings. The SMILES string of the molecule is c1ccc(-c2ccc(N(c3cccc4c3C3(c5ccccc5-4)C4CC5CC(C4)CC3C5)c3cccc4ccccc34)cc2)cc1. The quantitative estimate of drug-likeness (QED) is 0.201. The molecule has 0 N–H and O–H groups in total. The van der Waals surface area contributed by atoms with Crippen LogP contribution in [0, 0.1) is 23.7 Å². The summed E-state index contributed by atoms with van der Waals surface area (Å²) < 4.78 is 0. The van der Waals surface area contributed by atoms with E-state index in [1.807, 2.05) is 0 Å². The number of fused-ring (bicyclic) bond motifs is 4. The first-order chi connectivity index (χ1) is 22.3. The maximum absolute atomic E-state index is 2.61. The highest BCUT2D eigenvalue weighted by molar-refractivity contribution is 6.01. The summed E-state index contributed by atoms with van der Waals surface area (Å²) in [5.74, 6) is 3.27. The zero-order valence-corrected chi connectivity index (χ0v) is 25.6. The smallest absolute Gasteiger partial charge is 0.0540 e. The molecule has 1 spiro atoms. The predicted molar refractivity (Wildman–Crippen MR) is 187 cm³/mol. The average Bonchev–Trinajstić information content (AvgIpc) is 3.39. The van der Waals surface area contributed by atoms with Crippen LogP contribution in [-0.4, -0.2) is 0 Å². The Balaban J connectivity index is 1.24. The van der Waals surface area contributed by atoms with E-state index < -0.39 is 0 Å². The van der Waals surface area contributed by atoms with E-state index in [1.165, 1.54) is 82.2 Å². The molecule has 6 aromatic carbocycles. The Kier molecular flexibility index (Phi) is 5.53. The second-order valence-electron chi connectivity index (χ2n) is 14.2. The van der Waals surface area contributed by atoms with Crippen molar-refractivity contribution in [3.63, 3.8) is 0 Å². The summed E-state index contributed by atoms with van der Waals surface area (Å²) in [4.78, 5) is 2.61. The Morgan fingerprint density at radius 2 is 1.07 bits per heavy atom. The molecular weight excluding hydrogens is 542 g/mol. The van der Waals surface area contributed by atoms with E-state index in [0.29, 0.717) is 11.8 Å². The molecule has 11 rings (SSSR count). The number of rotatable bonds is 4. The third-order valence-corrected chi connectivity index (χ3v) is 12.0. The molecule has 0 unspecified atom stereocenters. The Bertz CT molecular complexity index is 2040. The van der Waals surface area contributed by atoms with E-state index in [-0.39, 0.29) is 5.41 Å². The van der Waals surface area contributed by atoms with Crippen molar-refractivity contribution in [2.75, 3.05) is 4.90 Å². The maximum Gasteiger partial charge on any atom is 0.0540 e. The van der Waals surface area contributed by atoms with Gasteiger partial charge in [0.15, 0.2) is 0 Å². The highest BCUT2D eigenvalue weighted by Crippen LogP contribution is 2.71. The molecule has 45 heavy (non-hydrogen) atoms. The molecule has 218 valence electrons. The first kappa shape index (κ1) is 25.7. The van der Waals surface area contributed by atoms with Gasteiger partial charge in [-0.2, -0.15) is 0 Å². The van der Waals surface area contributed by atoms with Crippen molar-refractivity contribution in [2.45, 2.75) is 37.5 Å². The minimum absolute atomic E-state index is 0.0861. The standard InChI is InChI=1S/C44H37N/c1-2-10-31(11-3-1)32-20-22-36(23-21-32)45(41-18-8-13-33-12-4-5-14-37(33)41)42-19-9-16-39-38-15-6-7-17-40(38)44(43(39)42)34-25-29-24-30(27-34)28-35(44)26-29/h1-23,29-30,34-35H,24-28H2. The van der Waals surface area contributed by atoms with Gasteiger partial charge in [0.25, 0.3) is 0 Å². The van der Waals surface area contributed by atoms with Crippen LogP contribution in [-0.2, 0) is 5.41 Å². The lowest BCUT2D eigenvalue weighted by molar-refractivity contribution is -0.0397. The van der Waals surface area contributed by atoms with Crippen molar-refractivity contribution in [3.8, 4) is 22.3 Å². The van der Waals surface area contributed by atoms with Crippen LogP contribution >= 0.6 is 0 Å². The van der Waals surface area contributed by atoms with E-state index in [4.69, 9.17) is 0 Å². The zero-order valence-electron chi connectivity index (χ0n) is 25.6. The molecule has 1 heteroatoms. The van der Waals surface area contributed by atoms with Crippen LogP contribution in [0.2, 0.25) is 0 Å². The number of anilines is 3. The van der Waals surface area contributed by atoms with Crippen LogP contribution in [0.15, 0.2) is 140 Å². The molecule has 4 fully saturated rings. The highest BCUT2D eigenvalue weighted by atomic mass is 15.1. The van der Waals surface area contributed by atoms with E-state index >= 15 is 0 Å². The molecule has 5 aliphatic rings. The summed E-state index contributed by atoms with van der Waals surface area (Å²) in [5.41, 5.74) is 12.6. The van der Waals surface area contributed by atoms with Crippen LogP contribution in [0.3, 0.4) is 0 Å². The van der Waals surface area contributed by atoms with Gasteiger partial charge in [-0.1, -0.05) is 115 Å². The number of nitrogens with zero attached hydrogens (tertiary/aromatic N) is 1. The molecule has 0 saturated heterocycles. The number of hydrogen-bond acceptors (Lipinski definition) is 1. The van der Waals surface area contributed by atoms with Crippen LogP contribution < -0.4 is 4.90 Å². The molecule has 0 atom stereocenters.